The highest BCUT2D eigenvalue weighted by Gasteiger charge is 2.18. The van der Waals surface area contributed by atoms with Gasteiger partial charge in [-0.3, -0.25) is 4.57 Å². The Balaban J connectivity index is 2.38. The van der Waals surface area contributed by atoms with Crippen molar-refractivity contribution in [2.45, 2.75) is 6.92 Å². The maximum Gasteiger partial charge on any atom is 0.207 e. The molecular formula is C12H11FIN5. The number of imidazole rings is 1. The van der Waals surface area contributed by atoms with Gasteiger partial charge in [0, 0.05) is 10.6 Å². The molecule has 7 heteroatoms. The molecule has 2 heterocycles. The van der Waals surface area contributed by atoms with E-state index in [9.17, 15) is 4.39 Å². The summed E-state index contributed by atoms with van der Waals surface area (Å²) in [5.74, 6) is 0.0971. The zero-order chi connectivity index (χ0) is 13.7. The van der Waals surface area contributed by atoms with E-state index in [0.717, 1.165) is 26.1 Å². The summed E-state index contributed by atoms with van der Waals surface area (Å²) in [5.41, 5.74) is 9.17. The number of halogens is 2. The van der Waals surface area contributed by atoms with Gasteiger partial charge in [0.25, 0.3) is 0 Å². The molecule has 0 radical (unpaired) electrons. The van der Waals surface area contributed by atoms with Crippen LogP contribution in [-0.4, -0.2) is 19.3 Å². The predicted molar refractivity (Wildman–Crippen MR) is 79.7 cm³/mol. The molecule has 3 rings (SSSR count). The number of aromatic nitrogens is 4. The van der Waals surface area contributed by atoms with Gasteiger partial charge in [0.1, 0.15) is 11.3 Å². The number of nitrogen functional groups attached to an aromatic ring is 1. The van der Waals surface area contributed by atoms with Crippen LogP contribution in [0.5, 0.6) is 0 Å². The van der Waals surface area contributed by atoms with Gasteiger partial charge in [0.2, 0.25) is 5.95 Å². The molecule has 2 aromatic heterocycles. The van der Waals surface area contributed by atoms with Crippen molar-refractivity contribution < 1.29 is 4.39 Å². The van der Waals surface area contributed by atoms with Crippen LogP contribution in [0.1, 0.15) is 5.69 Å². The lowest BCUT2D eigenvalue weighted by atomic mass is 10.3. The number of fused-ring (bicyclic) bond motifs is 1. The van der Waals surface area contributed by atoms with Crippen molar-refractivity contribution >= 4 is 39.7 Å². The smallest absolute Gasteiger partial charge is 0.207 e. The van der Waals surface area contributed by atoms with Crippen molar-refractivity contribution in [2.24, 2.45) is 7.05 Å². The van der Waals surface area contributed by atoms with E-state index in [2.05, 4.69) is 32.7 Å². The van der Waals surface area contributed by atoms with Gasteiger partial charge in [-0.2, -0.15) is 5.10 Å². The maximum absolute atomic E-state index is 13.2. The summed E-state index contributed by atoms with van der Waals surface area (Å²) in [6, 6.07) is 4.56. The minimum absolute atomic E-state index is 0.274. The zero-order valence-electron chi connectivity index (χ0n) is 10.4. The number of hydrogen-bond acceptors (Lipinski definition) is 3. The van der Waals surface area contributed by atoms with Crippen molar-refractivity contribution in [3.63, 3.8) is 0 Å². The highest BCUT2D eigenvalue weighted by Crippen LogP contribution is 2.27. The van der Waals surface area contributed by atoms with Crippen LogP contribution >= 0.6 is 22.6 Å². The molecule has 0 aliphatic rings. The van der Waals surface area contributed by atoms with Gasteiger partial charge in [-0.25, -0.2) is 14.1 Å². The molecule has 0 unspecified atom stereocenters. The van der Waals surface area contributed by atoms with E-state index >= 15 is 0 Å². The van der Waals surface area contributed by atoms with Crippen LogP contribution in [0.2, 0.25) is 0 Å². The van der Waals surface area contributed by atoms with Crippen molar-refractivity contribution in [1.29, 1.82) is 0 Å². The van der Waals surface area contributed by atoms with Gasteiger partial charge in [0.15, 0.2) is 5.65 Å². The first-order valence-electron chi connectivity index (χ1n) is 5.62. The Labute approximate surface area is 122 Å². The fourth-order valence-corrected chi connectivity index (χ4v) is 2.91. The third kappa shape index (κ3) is 1.79. The predicted octanol–water partition coefficient (Wildman–Crippen LogP) is 2.39. The van der Waals surface area contributed by atoms with Crippen LogP contribution in [0.25, 0.3) is 16.9 Å². The van der Waals surface area contributed by atoms with E-state index in [1.54, 1.807) is 15.3 Å². The highest BCUT2D eigenvalue weighted by molar-refractivity contribution is 14.1. The SMILES string of the molecule is Cc1nn(C)c2c1nc(N)n2-c1ccc(F)cc1I. The van der Waals surface area contributed by atoms with Gasteiger partial charge in [-0.05, 0) is 47.7 Å². The molecule has 0 aliphatic carbocycles. The summed E-state index contributed by atoms with van der Waals surface area (Å²) in [6.45, 7) is 1.88. The molecule has 0 saturated heterocycles. The number of anilines is 1. The average molecular weight is 371 g/mol. The van der Waals surface area contributed by atoms with E-state index in [1.165, 1.54) is 12.1 Å². The summed E-state index contributed by atoms with van der Waals surface area (Å²) in [7, 11) is 1.84. The van der Waals surface area contributed by atoms with E-state index in [4.69, 9.17) is 5.73 Å². The van der Waals surface area contributed by atoms with Gasteiger partial charge < -0.3 is 5.73 Å². The minimum Gasteiger partial charge on any atom is -0.369 e. The third-order valence-electron chi connectivity index (χ3n) is 2.98. The molecule has 0 atom stereocenters. The zero-order valence-corrected chi connectivity index (χ0v) is 12.5. The Morgan fingerprint density at radius 3 is 2.79 bits per heavy atom. The Kier molecular flexibility index (Phi) is 2.73. The molecule has 0 amide bonds. The Bertz CT molecular complexity index is 789. The van der Waals surface area contributed by atoms with Crippen LogP contribution in [0, 0.1) is 16.3 Å². The minimum atomic E-state index is -0.274. The average Bonchev–Trinajstić information content (AvgIpc) is 2.79. The molecule has 0 bridgehead atoms. The number of nitrogens with zero attached hydrogens (tertiary/aromatic N) is 4. The number of rotatable bonds is 1. The van der Waals surface area contributed by atoms with Gasteiger partial charge in [0.05, 0.1) is 11.4 Å². The molecule has 19 heavy (non-hydrogen) atoms. The first-order valence-corrected chi connectivity index (χ1v) is 6.70. The number of nitrogens with two attached hydrogens (primary N) is 1. The molecule has 0 spiro atoms. The van der Waals surface area contributed by atoms with Crippen molar-refractivity contribution in [3.05, 3.63) is 33.3 Å². The van der Waals surface area contributed by atoms with E-state index in [0.29, 0.717) is 5.95 Å². The molecule has 0 saturated carbocycles. The second-order valence-corrected chi connectivity index (χ2v) is 5.44. The van der Waals surface area contributed by atoms with E-state index in [1.807, 2.05) is 14.0 Å². The summed E-state index contributed by atoms with van der Waals surface area (Å²) in [5, 5.41) is 4.33. The number of hydrogen-bond donors (Lipinski definition) is 1. The quantitative estimate of drug-likeness (QED) is 0.669. The Morgan fingerprint density at radius 2 is 2.11 bits per heavy atom. The summed E-state index contributed by atoms with van der Waals surface area (Å²) in [6.07, 6.45) is 0. The number of aryl methyl sites for hydroxylation is 2. The normalized spacial score (nSPS) is 11.4. The number of benzene rings is 1. The molecule has 98 valence electrons. The fourth-order valence-electron chi connectivity index (χ4n) is 2.19. The van der Waals surface area contributed by atoms with E-state index in [-0.39, 0.29) is 5.82 Å². The van der Waals surface area contributed by atoms with Crippen molar-refractivity contribution in [3.8, 4) is 5.69 Å². The summed E-state index contributed by atoms with van der Waals surface area (Å²) < 4.78 is 17.5. The first-order chi connectivity index (χ1) is 8.99. The fraction of sp³-hybridized carbons (Fsp3) is 0.167. The van der Waals surface area contributed by atoms with Crippen LogP contribution < -0.4 is 5.73 Å². The van der Waals surface area contributed by atoms with Crippen LogP contribution in [0.3, 0.4) is 0 Å². The summed E-state index contributed by atoms with van der Waals surface area (Å²) >= 11 is 2.08. The Morgan fingerprint density at radius 1 is 1.37 bits per heavy atom. The highest BCUT2D eigenvalue weighted by atomic mass is 127. The molecule has 3 aromatic rings. The molecule has 2 N–H and O–H groups in total. The molecule has 5 nitrogen and oxygen atoms in total. The van der Waals surface area contributed by atoms with Crippen molar-refractivity contribution in [1.82, 2.24) is 19.3 Å². The van der Waals surface area contributed by atoms with Gasteiger partial charge in [-0.15, -0.1) is 0 Å². The van der Waals surface area contributed by atoms with Gasteiger partial charge in [-0.1, -0.05) is 0 Å². The molecule has 0 fully saturated rings. The molecule has 0 aliphatic heterocycles. The molecule has 1 aromatic carbocycles. The van der Waals surface area contributed by atoms with Crippen LogP contribution in [0.15, 0.2) is 18.2 Å². The van der Waals surface area contributed by atoms with Crippen LogP contribution in [-0.2, 0) is 7.05 Å². The topological polar surface area (TPSA) is 61.7 Å². The lowest BCUT2D eigenvalue weighted by Gasteiger charge is -2.09. The van der Waals surface area contributed by atoms with Gasteiger partial charge >= 0.3 is 0 Å². The van der Waals surface area contributed by atoms with Crippen LogP contribution in [0.4, 0.5) is 10.3 Å². The third-order valence-corrected chi connectivity index (χ3v) is 3.84. The lowest BCUT2D eigenvalue weighted by molar-refractivity contribution is 0.626. The second kappa shape index (κ2) is 4.19. The maximum atomic E-state index is 13.2. The Hall–Kier alpha value is -1.64. The first kappa shape index (κ1) is 12.4. The largest absolute Gasteiger partial charge is 0.369 e. The standard InChI is InChI=1S/C12H11FIN5/c1-6-10-11(18(2)17-6)19(12(15)16-10)9-4-3-7(13)5-8(9)14/h3-5H,1-2H3,(H2,15,16). The summed E-state index contributed by atoms with van der Waals surface area (Å²) in [4.78, 5) is 4.33. The monoisotopic (exact) mass is 371 g/mol. The lowest BCUT2D eigenvalue weighted by Crippen LogP contribution is -2.06. The second-order valence-electron chi connectivity index (χ2n) is 4.28. The molecular weight excluding hydrogens is 360 g/mol. The van der Waals surface area contributed by atoms with Crippen molar-refractivity contribution in [2.75, 3.05) is 5.73 Å². The van der Waals surface area contributed by atoms with E-state index < -0.39 is 0 Å².